The van der Waals surface area contributed by atoms with Crippen LogP contribution in [0.15, 0.2) is 18.2 Å². The Hall–Kier alpha value is -0.770. The summed E-state index contributed by atoms with van der Waals surface area (Å²) >= 11 is 6.14. The predicted octanol–water partition coefficient (Wildman–Crippen LogP) is 1.81. The fourth-order valence-corrected chi connectivity index (χ4v) is 1.81. The van der Waals surface area contributed by atoms with Gasteiger partial charge in [-0.05, 0) is 49.5 Å². The Morgan fingerprint density at radius 2 is 2.00 bits per heavy atom. The molecule has 0 bridgehead atoms. The summed E-state index contributed by atoms with van der Waals surface area (Å²) in [4.78, 5) is 0. The molecule has 1 rings (SSSR count). The van der Waals surface area contributed by atoms with Crippen molar-refractivity contribution < 1.29 is 4.74 Å². The first kappa shape index (κ1) is 13.3. The summed E-state index contributed by atoms with van der Waals surface area (Å²) < 4.78 is 5.09. The molecule has 1 aromatic carbocycles. The summed E-state index contributed by atoms with van der Waals surface area (Å²) in [6, 6.07) is 5.74. The van der Waals surface area contributed by atoms with Crippen LogP contribution in [-0.4, -0.2) is 20.2 Å². The van der Waals surface area contributed by atoms with Gasteiger partial charge in [0.15, 0.2) is 0 Å². The number of methoxy groups -OCH3 is 1. The van der Waals surface area contributed by atoms with Crippen LogP contribution in [0.4, 0.5) is 0 Å². The number of hydrogen-bond acceptors (Lipinski definition) is 3. The van der Waals surface area contributed by atoms with Gasteiger partial charge < -0.3 is 16.2 Å². The Balaban J connectivity index is 2.60. The summed E-state index contributed by atoms with van der Waals surface area (Å²) in [5, 5.41) is 0.743. The lowest BCUT2D eigenvalue weighted by atomic mass is 9.99. The molecule has 0 fully saturated rings. The Morgan fingerprint density at radius 3 is 2.50 bits per heavy atom. The van der Waals surface area contributed by atoms with Gasteiger partial charge in [0.2, 0.25) is 0 Å². The van der Waals surface area contributed by atoms with Gasteiger partial charge in [0.25, 0.3) is 0 Å². The Kier molecular flexibility index (Phi) is 5.60. The molecule has 16 heavy (non-hydrogen) atoms. The standard InChI is InChI=1S/C12H19ClN2O/c1-16-11-5-4-10(12(13)6-11)3-2-9(7-14)8-15/h4-6,9H,2-3,7-8,14-15H2,1H3. The third-order valence-electron chi connectivity index (χ3n) is 2.75. The zero-order chi connectivity index (χ0) is 12.0. The first-order chi connectivity index (χ1) is 7.71. The largest absolute Gasteiger partial charge is 0.497 e. The summed E-state index contributed by atoms with van der Waals surface area (Å²) in [6.45, 7) is 1.26. The second kappa shape index (κ2) is 6.74. The minimum absolute atomic E-state index is 0.373. The third kappa shape index (κ3) is 3.67. The van der Waals surface area contributed by atoms with Crippen LogP contribution >= 0.6 is 11.6 Å². The van der Waals surface area contributed by atoms with Crippen LogP contribution in [0.1, 0.15) is 12.0 Å². The van der Waals surface area contributed by atoms with E-state index < -0.39 is 0 Å². The molecule has 0 aliphatic carbocycles. The van der Waals surface area contributed by atoms with E-state index in [9.17, 15) is 0 Å². The van der Waals surface area contributed by atoms with Crippen molar-refractivity contribution in [2.24, 2.45) is 17.4 Å². The molecule has 0 amide bonds. The SMILES string of the molecule is COc1ccc(CCC(CN)CN)c(Cl)c1. The van der Waals surface area contributed by atoms with E-state index in [2.05, 4.69) is 0 Å². The van der Waals surface area contributed by atoms with Crippen molar-refractivity contribution in [3.8, 4) is 5.75 Å². The number of hydrogen-bond donors (Lipinski definition) is 2. The molecular weight excluding hydrogens is 224 g/mol. The second-order valence-corrected chi connectivity index (χ2v) is 4.24. The first-order valence-electron chi connectivity index (χ1n) is 5.43. The van der Waals surface area contributed by atoms with Crippen molar-refractivity contribution in [3.05, 3.63) is 28.8 Å². The fraction of sp³-hybridized carbons (Fsp3) is 0.500. The zero-order valence-corrected chi connectivity index (χ0v) is 10.3. The highest BCUT2D eigenvalue weighted by molar-refractivity contribution is 6.31. The summed E-state index contributed by atoms with van der Waals surface area (Å²) in [6.07, 6.45) is 1.88. The second-order valence-electron chi connectivity index (χ2n) is 3.83. The zero-order valence-electron chi connectivity index (χ0n) is 9.58. The topological polar surface area (TPSA) is 61.3 Å². The molecule has 1 aromatic rings. The number of rotatable bonds is 6. The monoisotopic (exact) mass is 242 g/mol. The minimum atomic E-state index is 0.373. The van der Waals surface area contributed by atoms with Gasteiger partial charge >= 0.3 is 0 Å². The van der Waals surface area contributed by atoms with Crippen LogP contribution in [0, 0.1) is 5.92 Å². The molecule has 0 unspecified atom stereocenters. The van der Waals surface area contributed by atoms with Crippen LogP contribution in [0.5, 0.6) is 5.75 Å². The van der Waals surface area contributed by atoms with Crippen LogP contribution in [0.2, 0.25) is 5.02 Å². The van der Waals surface area contributed by atoms with Gasteiger partial charge in [-0.1, -0.05) is 17.7 Å². The average Bonchev–Trinajstić information content (AvgIpc) is 2.32. The van der Waals surface area contributed by atoms with Gasteiger partial charge in [-0.15, -0.1) is 0 Å². The summed E-state index contributed by atoms with van der Waals surface area (Å²) in [5.74, 6) is 1.15. The maximum absolute atomic E-state index is 6.14. The van der Waals surface area contributed by atoms with Gasteiger partial charge in [-0.3, -0.25) is 0 Å². The highest BCUT2D eigenvalue weighted by Gasteiger charge is 2.07. The molecule has 0 aliphatic heterocycles. The van der Waals surface area contributed by atoms with Crippen molar-refractivity contribution in [1.29, 1.82) is 0 Å². The van der Waals surface area contributed by atoms with Gasteiger partial charge in [0, 0.05) is 5.02 Å². The molecule has 0 saturated heterocycles. The van der Waals surface area contributed by atoms with Crippen LogP contribution < -0.4 is 16.2 Å². The first-order valence-corrected chi connectivity index (χ1v) is 5.81. The Labute approximate surface area is 102 Å². The van der Waals surface area contributed by atoms with Crippen molar-refractivity contribution in [2.45, 2.75) is 12.8 Å². The normalized spacial score (nSPS) is 10.8. The van der Waals surface area contributed by atoms with E-state index in [1.807, 2.05) is 18.2 Å². The molecule has 0 saturated carbocycles. The van der Waals surface area contributed by atoms with Crippen molar-refractivity contribution in [2.75, 3.05) is 20.2 Å². The maximum Gasteiger partial charge on any atom is 0.120 e. The molecule has 0 radical (unpaired) electrons. The van der Waals surface area contributed by atoms with Gasteiger partial charge in [0.05, 0.1) is 7.11 Å². The number of halogens is 1. The summed E-state index contributed by atoms with van der Waals surface area (Å²) in [5.41, 5.74) is 12.3. The van der Waals surface area contributed by atoms with E-state index in [0.29, 0.717) is 19.0 Å². The molecule has 0 heterocycles. The molecule has 0 aliphatic rings. The molecule has 4 N–H and O–H groups in total. The fourth-order valence-electron chi connectivity index (χ4n) is 1.55. The highest BCUT2D eigenvalue weighted by atomic mass is 35.5. The molecular formula is C12H19ClN2O. The predicted molar refractivity (Wildman–Crippen MR) is 67.9 cm³/mol. The Morgan fingerprint density at radius 1 is 1.31 bits per heavy atom. The van der Waals surface area contributed by atoms with Crippen molar-refractivity contribution in [1.82, 2.24) is 0 Å². The van der Waals surface area contributed by atoms with Crippen LogP contribution in [-0.2, 0) is 6.42 Å². The lowest BCUT2D eigenvalue weighted by molar-refractivity contribution is 0.414. The average molecular weight is 243 g/mol. The lowest BCUT2D eigenvalue weighted by Crippen LogP contribution is -2.23. The van der Waals surface area contributed by atoms with E-state index in [4.69, 9.17) is 27.8 Å². The number of ether oxygens (including phenoxy) is 1. The molecule has 0 spiro atoms. The van der Waals surface area contributed by atoms with E-state index in [0.717, 1.165) is 29.2 Å². The van der Waals surface area contributed by atoms with E-state index >= 15 is 0 Å². The third-order valence-corrected chi connectivity index (χ3v) is 3.10. The molecule has 0 atom stereocenters. The number of nitrogens with two attached hydrogens (primary N) is 2. The quantitative estimate of drug-likeness (QED) is 0.800. The van der Waals surface area contributed by atoms with E-state index in [1.165, 1.54) is 0 Å². The van der Waals surface area contributed by atoms with E-state index in [-0.39, 0.29) is 0 Å². The van der Waals surface area contributed by atoms with Crippen LogP contribution in [0.3, 0.4) is 0 Å². The maximum atomic E-state index is 6.14. The van der Waals surface area contributed by atoms with Crippen molar-refractivity contribution in [3.63, 3.8) is 0 Å². The molecule has 3 nitrogen and oxygen atoms in total. The number of aryl methyl sites for hydroxylation is 1. The highest BCUT2D eigenvalue weighted by Crippen LogP contribution is 2.24. The smallest absolute Gasteiger partial charge is 0.120 e. The lowest BCUT2D eigenvalue weighted by Gasteiger charge is -2.12. The molecule has 0 aromatic heterocycles. The number of benzene rings is 1. The molecule has 90 valence electrons. The molecule has 4 heteroatoms. The van der Waals surface area contributed by atoms with Gasteiger partial charge in [0.1, 0.15) is 5.75 Å². The summed E-state index contributed by atoms with van der Waals surface area (Å²) in [7, 11) is 1.63. The van der Waals surface area contributed by atoms with E-state index in [1.54, 1.807) is 7.11 Å². The van der Waals surface area contributed by atoms with Crippen LogP contribution in [0.25, 0.3) is 0 Å². The Bertz CT molecular complexity index is 327. The van der Waals surface area contributed by atoms with Crippen molar-refractivity contribution >= 4 is 11.6 Å². The minimum Gasteiger partial charge on any atom is -0.497 e. The van der Waals surface area contributed by atoms with Gasteiger partial charge in [-0.2, -0.15) is 0 Å². The van der Waals surface area contributed by atoms with Gasteiger partial charge in [-0.25, -0.2) is 0 Å².